The van der Waals surface area contributed by atoms with E-state index in [1.54, 1.807) is 10.9 Å². The van der Waals surface area contributed by atoms with Gasteiger partial charge in [0.25, 0.3) is 5.56 Å². The first kappa shape index (κ1) is 26.7. The summed E-state index contributed by atoms with van der Waals surface area (Å²) in [7, 11) is 0. The summed E-state index contributed by atoms with van der Waals surface area (Å²) in [6, 6.07) is 0. The Bertz CT molecular complexity index is 1020. The molecule has 34 heavy (non-hydrogen) atoms. The Labute approximate surface area is 211 Å². The lowest BCUT2D eigenvalue weighted by molar-refractivity contribution is -0.148. The number of rotatable bonds is 12. The maximum absolute atomic E-state index is 12.0. The topological polar surface area (TPSA) is 125 Å². The third-order valence-corrected chi connectivity index (χ3v) is 5.68. The SMILES string of the molecule is O=C(CCCCCCCC(=O)OCC(Cl)(Cl)Cl)OC[C@@H]1CC[C@H](n2cnc3c(=O)[nH]cnc32)O1. The minimum atomic E-state index is -1.59. The lowest BCUT2D eigenvalue weighted by atomic mass is 10.1. The fourth-order valence-corrected chi connectivity index (χ4v) is 3.81. The van der Waals surface area contributed by atoms with Crippen LogP contribution in [0.15, 0.2) is 17.4 Å². The van der Waals surface area contributed by atoms with Gasteiger partial charge in [0, 0.05) is 12.8 Å². The number of unbranched alkanes of at least 4 members (excludes halogenated alkanes) is 4. The highest BCUT2D eigenvalue weighted by Crippen LogP contribution is 2.30. The summed E-state index contributed by atoms with van der Waals surface area (Å²) < 4.78 is 16.3. The van der Waals surface area contributed by atoms with Gasteiger partial charge in [-0.3, -0.25) is 19.0 Å². The number of nitrogens with zero attached hydrogens (tertiary/aromatic N) is 3. The van der Waals surface area contributed by atoms with Gasteiger partial charge < -0.3 is 19.2 Å². The van der Waals surface area contributed by atoms with Gasteiger partial charge in [0.1, 0.15) is 19.4 Å². The molecule has 1 aliphatic heterocycles. The molecule has 3 heterocycles. The van der Waals surface area contributed by atoms with Crippen LogP contribution in [0.2, 0.25) is 0 Å². The number of hydrogen-bond donors (Lipinski definition) is 1. The van der Waals surface area contributed by atoms with E-state index in [1.165, 1.54) is 6.33 Å². The standard InChI is InChI=1S/C21H27Cl3N4O6/c22-21(23,24)11-33-17(30)7-5-3-1-2-4-6-16(29)32-10-14-8-9-15(34-14)28-13-27-18-19(28)25-12-26-20(18)31/h12-15H,1-11H2,(H,25,26,31)/t14-,15+/m0/s1. The number of hydrogen-bond acceptors (Lipinski definition) is 8. The summed E-state index contributed by atoms with van der Waals surface area (Å²) in [6.45, 7) is -0.0732. The van der Waals surface area contributed by atoms with Crippen LogP contribution < -0.4 is 5.56 Å². The zero-order valence-corrected chi connectivity index (χ0v) is 20.8. The molecule has 0 aliphatic carbocycles. The van der Waals surface area contributed by atoms with E-state index in [9.17, 15) is 14.4 Å². The number of fused-ring (bicyclic) bond motifs is 1. The van der Waals surface area contributed by atoms with Crippen molar-refractivity contribution in [2.75, 3.05) is 13.2 Å². The summed E-state index contributed by atoms with van der Waals surface area (Å²) in [4.78, 5) is 46.1. The molecule has 0 aromatic carbocycles. The quantitative estimate of drug-likeness (QED) is 0.245. The van der Waals surface area contributed by atoms with E-state index in [0.29, 0.717) is 31.3 Å². The number of H-pyrrole nitrogens is 1. The molecule has 188 valence electrons. The van der Waals surface area contributed by atoms with E-state index >= 15 is 0 Å². The number of esters is 2. The highest BCUT2D eigenvalue weighted by atomic mass is 35.6. The maximum atomic E-state index is 12.0. The predicted octanol–water partition coefficient (Wildman–Crippen LogP) is 3.98. The monoisotopic (exact) mass is 536 g/mol. The van der Waals surface area contributed by atoms with Crippen LogP contribution in [-0.2, 0) is 23.8 Å². The summed E-state index contributed by atoms with van der Waals surface area (Å²) in [5, 5.41) is 0. The molecule has 0 spiro atoms. The molecule has 1 N–H and O–H groups in total. The lowest BCUT2D eigenvalue weighted by Crippen LogP contribution is -2.19. The number of alkyl halides is 3. The first-order valence-corrected chi connectivity index (χ1v) is 12.3. The Balaban J connectivity index is 1.24. The van der Waals surface area contributed by atoms with Crippen molar-refractivity contribution in [3.63, 3.8) is 0 Å². The molecular formula is C21H27Cl3N4O6. The summed E-state index contributed by atoms with van der Waals surface area (Å²) in [5.41, 5.74) is 0.429. The molecule has 2 aromatic rings. The molecule has 10 nitrogen and oxygen atoms in total. The van der Waals surface area contributed by atoms with Crippen molar-refractivity contribution in [2.24, 2.45) is 0 Å². The average molecular weight is 538 g/mol. The third kappa shape index (κ3) is 8.41. The van der Waals surface area contributed by atoms with Gasteiger partial charge in [0.05, 0.1) is 18.8 Å². The van der Waals surface area contributed by atoms with Crippen LogP contribution in [0.3, 0.4) is 0 Å². The molecule has 2 atom stereocenters. The van der Waals surface area contributed by atoms with Gasteiger partial charge in [0.15, 0.2) is 11.2 Å². The Morgan fingerprint density at radius 3 is 2.44 bits per heavy atom. The molecule has 0 amide bonds. The summed E-state index contributed by atoms with van der Waals surface area (Å²) in [5.74, 6) is -0.652. The number of aromatic nitrogens is 4. The van der Waals surface area contributed by atoms with Crippen LogP contribution in [0.4, 0.5) is 0 Å². The Hall–Kier alpha value is -1.88. The molecule has 3 rings (SSSR count). The maximum Gasteiger partial charge on any atom is 0.305 e. The molecule has 0 unspecified atom stereocenters. The number of ether oxygens (including phenoxy) is 3. The normalized spacial score (nSPS) is 18.3. The number of aromatic amines is 1. The predicted molar refractivity (Wildman–Crippen MR) is 126 cm³/mol. The van der Waals surface area contributed by atoms with E-state index in [4.69, 9.17) is 49.0 Å². The molecule has 0 bridgehead atoms. The zero-order valence-electron chi connectivity index (χ0n) is 18.5. The van der Waals surface area contributed by atoms with Gasteiger partial charge in [-0.25, -0.2) is 9.97 Å². The minimum Gasteiger partial charge on any atom is -0.463 e. The number of carbonyl (C=O) groups excluding carboxylic acids is 2. The summed E-state index contributed by atoms with van der Waals surface area (Å²) >= 11 is 16.6. The molecule has 0 radical (unpaired) electrons. The minimum absolute atomic E-state index is 0.187. The number of halogens is 3. The second-order valence-corrected chi connectivity index (χ2v) is 10.6. The highest BCUT2D eigenvalue weighted by molar-refractivity contribution is 6.67. The average Bonchev–Trinajstić information content (AvgIpc) is 3.42. The largest absolute Gasteiger partial charge is 0.463 e. The van der Waals surface area contributed by atoms with Crippen LogP contribution in [-0.4, -0.2) is 54.6 Å². The van der Waals surface area contributed by atoms with E-state index in [0.717, 1.165) is 25.7 Å². The third-order valence-electron chi connectivity index (χ3n) is 5.35. The van der Waals surface area contributed by atoms with E-state index in [1.807, 2.05) is 0 Å². The van der Waals surface area contributed by atoms with Gasteiger partial charge in [-0.1, -0.05) is 54.1 Å². The van der Waals surface area contributed by atoms with Crippen molar-refractivity contribution >= 4 is 57.9 Å². The van der Waals surface area contributed by atoms with Gasteiger partial charge in [-0.05, 0) is 25.7 Å². The molecular weight excluding hydrogens is 511 g/mol. The number of nitrogens with one attached hydrogen (secondary N) is 1. The van der Waals surface area contributed by atoms with Crippen molar-refractivity contribution in [3.8, 4) is 0 Å². The molecule has 0 saturated carbocycles. The Morgan fingerprint density at radius 1 is 1.06 bits per heavy atom. The molecule has 1 saturated heterocycles. The van der Waals surface area contributed by atoms with Crippen LogP contribution in [0, 0.1) is 0 Å². The Morgan fingerprint density at radius 2 is 1.74 bits per heavy atom. The van der Waals surface area contributed by atoms with Gasteiger partial charge in [0.2, 0.25) is 3.79 Å². The van der Waals surface area contributed by atoms with Crippen LogP contribution >= 0.6 is 34.8 Å². The van der Waals surface area contributed by atoms with Crippen LogP contribution in [0.25, 0.3) is 11.2 Å². The molecule has 1 aliphatic rings. The highest BCUT2D eigenvalue weighted by Gasteiger charge is 2.29. The van der Waals surface area contributed by atoms with Crippen molar-refractivity contribution in [3.05, 3.63) is 23.0 Å². The summed E-state index contributed by atoms with van der Waals surface area (Å²) in [6.07, 6.45) is 8.40. The zero-order chi connectivity index (χ0) is 24.6. The number of imidazole rings is 1. The smallest absolute Gasteiger partial charge is 0.305 e. The van der Waals surface area contributed by atoms with Crippen LogP contribution in [0.1, 0.15) is 64.0 Å². The fourth-order valence-electron chi connectivity index (χ4n) is 3.65. The first-order chi connectivity index (χ1) is 16.2. The van der Waals surface area contributed by atoms with Crippen molar-refractivity contribution in [1.29, 1.82) is 0 Å². The fraction of sp³-hybridized carbons (Fsp3) is 0.667. The van der Waals surface area contributed by atoms with Crippen molar-refractivity contribution in [1.82, 2.24) is 19.5 Å². The molecule has 1 fully saturated rings. The van der Waals surface area contributed by atoms with E-state index < -0.39 is 9.76 Å². The second kappa shape index (κ2) is 12.7. The molecule has 13 heteroatoms. The van der Waals surface area contributed by atoms with Gasteiger partial charge in [-0.2, -0.15) is 0 Å². The van der Waals surface area contributed by atoms with Gasteiger partial charge >= 0.3 is 11.9 Å². The first-order valence-electron chi connectivity index (χ1n) is 11.2. The van der Waals surface area contributed by atoms with E-state index in [2.05, 4.69) is 15.0 Å². The van der Waals surface area contributed by atoms with Crippen LogP contribution in [0.5, 0.6) is 0 Å². The Kier molecular flexibility index (Phi) is 9.99. The lowest BCUT2D eigenvalue weighted by Gasteiger charge is -2.15. The number of carbonyl (C=O) groups is 2. The van der Waals surface area contributed by atoms with E-state index in [-0.39, 0.29) is 49.0 Å². The second-order valence-electron chi connectivity index (χ2n) is 8.07. The van der Waals surface area contributed by atoms with Crippen molar-refractivity contribution in [2.45, 2.75) is 73.9 Å². The van der Waals surface area contributed by atoms with Gasteiger partial charge in [-0.15, -0.1) is 0 Å². The van der Waals surface area contributed by atoms with Crippen molar-refractivity contribution < 1.29 is 23.8 Å². The molecule has 2 aromatic heterocycles.